The maximum Gasteiger partial charge on any atom is 0.0482 e. The lowest BCUT2D eigenvalue weighted by Crippen LogP contribution is -2.36. The SMILES string of the molecule is NC1CCN2c3cc(Br)ccc3CC12. The van der Waals surface area contributed by atoms with Crippen molar-refractivity contribution >= 4 is 21.6 Å². The van der Waals surface area contributed by atoms with Gasteiger partial charge in [-0.15, -0.1) is 0 Å². The van der Waals surface area contributed by atoms with Crippen LogP contribution in [0.2, 0.25) is 0 Å². The van der Waals surface area contributed by atoms with E-state index >= 15 is 0 Å². The van der Waals surface area contributed by atoms with E-state index in [0.29, 0.717) is 12.1 Å². The van der Waals surface area contributed by atoms with Crippen molar-refractivity contribution in [2.24, 2.45) is 5.73 Å². The Morgan fingerprint density at radius 3 is 3.14 bits per heavy atom. The van der Waals surface area contributed by atoms with Crippen molar-refractivity contribution in [2.75, 3.05) is 11.4 Å². The van der Waals surface area contributed by atoms with Crippen molar-refractivity contribution in [3.8, 4) is 0 Å². The highest BCUT2D eigenvalue weighted by Crippen LogP contribution is 2.38. The molecule has 0 amide bonds. The Morgan fingerprint density at radius 2 is 2.29 bits per heavy atom. The monoisotopic (exact) mass is 252 g/mol. The lowest BCUT2D eigenvalue weighted by molar-refractivity contribution is 0.600. The van der Waals surface area contributed by atoms with Gasteiger partial charge < -0.3 is 10.6 Å². The summed E-state index contributed by atoms with van der Waals surface area (Å²) >= 11 is 3.52. The Labute approximate surface area is 92.2 Å². The molecule has 14 heavy (non-hydrogen) atoms. The molecule has 0 aliphatic carbocycles. The lowest BCUT2D eigenvalue weighted by atomic mass is 10.0. The Bertz CT molecular complexity index is 378. The normalized spacial score (nSPS) is 29.1. The van der Waals surface area contributed by atoms with Crippen molar-refractivity contribution in [2.45, 2.75) is 24.9 Å². The summed E-state index contributed by atoms with van der Waals surface area (Å²) in [6.45, 7) is 1.12. The molecular weight excluding hydrogens is 240 g/mol. The smallest absolute Gasteiger partial charge is 0.0482 e. The van der Waals surface area contributed by atoms with E-state index in [1.165, 1.54) is 11.3 Å². The summed E-state index contributed by atoms with van der Waals surface area (Å²) in [5.41, 5.74) is 8.92. The minimum absolute atomic E-state index is 0.362. The van der Waals surface area contributed by atoms with Crippen molar-refractivity contribution < 1.29 is 0 Å². The molecule has 0 spiro atoms. The summed E-state index contributed by atoms with van der Waals surface area (Å²) < 4.78 is 1.16. The first-order valence-electron chi connectivity index (χ1n) is 5.06. The number of nitrogens with two attached hydrogens (primary N) is 1. The van der Waals surface area contributed by atoms with Crippen molar-refractivity contribution in [1.29, 1.82) is 0 Å². The molecule has 2 aliphatic heterocycles. The quantitative estimate of drug-likeness (QED) is 0.765. The molecule has 2 heterocycles. The summed E-state index contributed by atoms with van der Waals surface area (Å²) in [5.74, 6) is 0. The van der Waals surface area contributed by atoms with E-state index in [1.807, 2.05) is 0 Å². The Morgan fingerprint density at radius 1 is 1.43 bits per heavy atom. The third kappa shape index (κ3) is 1.12. The molecule has 2 unspecified atom stereocenters. The second-order valence-corrected chi connectivity index (χ2v) is 5.11. The van der Waals surface area contributed by atoms with Crippen LogP contribution in [0.5, 0.6) is 0 Å². The fraction of sp³-hybridized carbons (Fsp3) is 0.455. The highest BCUT2D eigenvalue weighted by atomic mass is 79.9. The average Bonchev–Trinajstić information content (AvgIpc) is 2.67. The van der Waals surface area contributed by atoms with E-state index in [9.17, 15) is 0 Å². The van der Waals surface area contributed by atoms with Gasteiger partial charge in [-0.25, -0.2) is 0 Å². The second kappa shape index (κ2) is 2.97. The van der Waals surface area contributed by atoms with Crippen LogP contribution in [0.15, 0.2) is 22.7 Å². The van der Waals surface area contributed by atoms with E-state index in [4.69, 9.17) is 5.73 Å². The zero-order chi connectivity index (χ0) is 9.71. The number of fused-ring (bicyclic) bond motifs is 3. The predicted molar refractivity (Wildman–Crippen MR) is 61.6 cm³/mol. The van der Waals surface area contributed by atoms with E-state index in [2.05, 4.69) is 39.0 Å². The van der Waals surface area contributed by atoms with Gasteiger partial charge in [0.2, 0.25) is 0 Å². The molecule has 2 N–H and O–H groups in total. The third-order valence-corrected chi connectivity index (χ3v) is 3.88. The van der Waals surface area contributed by atoms with Gasteiger partial charge in [0.15, 0.2) is 0 Å². The molecule has 2 aliphatic rings. The molecule has 3 heteroatoms. The van der Waals surface area contributed by atoms with E-state index < -0.39 is 0 Å². The minimum Gasteiger partial charge on any atom is -0.366 e. The fourth-order valence-corrected chi connectivity index (χ4v) is 2.99. The maximum atomic E-state index is 6.08. The molecule has 0 aromatic heterocycles. The van der Waals surface area contributed by atoms with Gasteiger partial charge in [0.1, 0.15) is 0 Å². The van der Waals surface area contributed by atoms with E-state index in [-0.39, 0.29) is 0 Å². The maximum absolute atomic E-state index is 6.08. The minimum atomic E-state index is 0.362. The lowest BCUT2D eigenvalue weighted by Gasteiger charge is -2.20. The Kier molecular flexibility index (Phi) is 1.86. The standard InChI is InChI=1S/C11H13BrN2/c12-8-2-1-7-5-11-9(13)3-4-14(11)10(7)6-8/h1-2,6,9,11H,3-5,13H2. The van der Waals surface area contributed by atoms with Crippen LogP contribution in [-0.2, 0) is 6.42 Å². The first kappa shape index (κ1) is 8.74. The summed E-state index contributed by atoms with van der Waals surface area (Å²) in [5, 5.41) is 0. The van der Waals surface area contributed by atoms with Crippen molar-refractivity contribution in [3.63, 3.8) is 0 Å². The van der Waals surface area contributed by atoms with Gasteiger partial charge >= 0.3 is 0 Å². The molecule has 74 valence electrons. The third-order valence-electron chi connectivity index (χ3n) is 3.38. The Hall–Kier alpha value is -0.540. The van der Waals surface area contributed by atoms with Gasteiger partial charge in [0, 0.05) is 28.8 Å². The van der Waals surface area contributed by atoms with Gasteiger partial charge in [0.05, 0.1) is 0 Å². The van der Waals surface area contributed by atoms with Crippen LogP contribution in [0.1, 0.15) is 12.0 Å². The van der Waals surface area contributed by atoms with E-state index in [1.54, 1.807) is 0 Å². The largest absolute Gasteiger partial charge is 0.366 e. The average molecular weight is 253 g/mol. The first-order chi connectivity index (χ1) is 6.75. The topological polar surface area (TPSA) is 29.3 Å². The van der Waals surface area contributed by atoms with Crippen molar-refractivity contribution in [3.05, 3.63) is 28.2 Å². The van der Waals surface area contributed by atoms with Gasteiger partial charge in [-0.2, -0.15) is 0 Å². The molecule has 1 aromatic rings. The van der Waals surface area contributed by atoms with Crippen LogP contribution >= 0.6 is 15.9 Å². The molecule has 1 fully saturated rings. The van der Waals surface area contributed by atoms with E-state index in [0.717, 1.165) is 23.9 Å². The molecule has 3 rings (SSSR count). The summed E-state index contributed by atoms with van der Waals surface area (Å²) in [4.78, 5) is 2.46. The van der Waals surface area contributed by atoms with Gasteiger partial charge in [0.25, 0.3) is 0 Å². The highest BCUT2D eigenvalue weighted by molar-refractivity contribution is 9.10. The van der Waals surface area contributed by atoms with Crippen LogP contribution in [0.3, 0.4) is 0 Å². The van der Waals surface area contributed by atoms with Gasteiger partial charge in [-0.3, -0.25) is 0 Å². The predicted octanol–water partition coefficient (Wildman–Crippen LogP) is 1.91. The molecule has 1 saturated heterocycles. The van der Waals surface area contributed by atoms with Crippen LogP contribution in [0.4, 0.5) is 5.69 Å². The van der Waals surface area contributed by atoms with Crippen molar-refractivity contribution in [1.82, 2.24) is 0 Å². The number of hydrogen-bond donors (Lipinski definition) is 1. The molecular formula is C11H13BrN2. The number of nitrogens with zero attached hydrogens (tertiary/aromatic N) is 1. The van der Waals surface area contributed by atoms with Crippen LogP contribution < -0.4 is 10.6 Å². The number of benzene rings is 1. The van der Waals surface area contributed by atoms with Crippen LogP contribution in [0.25, 0.3) is 0 Å². The number of rotatable bonds is 0. The zero-order valence-electron chi connectivity index (χ0n) is 7.91. The second-order valence-electron chi connectivity index (χ2n) is 4.19. The van der Waals surface area contributed by atoms with Crippen LogP contribution in [0, 0.1) is 0 Å². The van der Waals surface area contributed by atoms with Gasteiger partial charge in [-0.1, -0.05) is 22.0 Å². The van der Waals surface area contributed by atoms with Gasteiger partial charge in [-0.05, 0) is 30.5 Å². The number of halogens is 1. The summed E-state index contributed by atoms with van der Waals surface area (Å²) in [6, 6.07) is 7.46. The molecule has 2 atom stereocenters. The van der Waals surface area contributed by atoms with Crippen LogP contribution in [-0.4, -0.2) is 18.6 Å². The fourth-order valence-electron chi connectivity index (χ4n) is 2.64. The summed E-state index contributed by atoms with van der Waals surface area (Å²) in [7, 11) is 0. The molecule has 0 radical (unpaired) electrons. The number of hydrogen-bond acceptors (Lipinski definition) is 2. The molecule has 0 saturated carbocycles. The summed E-state index contributed by atoms with van der Waals surface area (Å²) in [6.07, 6.45) is 2.26. The highest BCUT2D eigenvalue weighted by Gasteiger charge is 2.37. The number of anilines is 1. The molecule has 2 nitrogen and oxygen atoms in total. The molecule has 1 aromatic carbocycles. The first-order valence-corrected chi connectivity index (χ1v) is 5.85. The zero-order valence-corrected chi connectivity index (χ0v) is 9.50. The molecule has 0 bridgehead atoms. The Balaban J connectivity index is 2.05.